The molecule has 6 nitrogen and oxygen atoms in total. The van der Waals surface area contributed by atoms with Crippen molar-refractivity contribution >= 4 is 6.08 Å². The first-order valence-electron chi connectivity index (χ1n) is 11.1. The first-order chi connectivity index (χ1) is 15.7. The van der Waals surface area contributed by atoms with E-state index < -0.39 is 6.10 Å². The van der Waals surface area contributed by atoms with Gasteiger partial charge in [-0.05, 0) is 67.1 Å². The van der Waals surface area contributed by atoms with Crippen LogP contribution in [0.5, 0.6) is 11.5 Å². The third-order valence-electron chi connectivity index (χ3n) is 5.36. The van der Waals surface area contributed by atoms with E-state index >= 15 is 0 Å². The molecule has 3 N–H and O–H groups in total. The molecular formula is C26H34N2O4. The summed E-state index contributed by atoms with van der Waals surface area (Å²) >= 11 is 0. The standard InChI is InChI=1S/C26H34N2O4/c1-30-25-13-12-21(17-26(25)31-2)14-15-27-18-23(29)19-32-28-24-11-7-6-10-22(24)16-20-8-4-3-5-9-20/h3-5,8-9,11-13,16-17,23,27-29H,6-7,10,14-15,18-19H2,1-2H3/t23-/m0/s1. The minimum absolute atomic E-state index is 0.208. The van der Waals surface area contributed by atoms with Gasteiger partial charge in [0.25, 0.3) is 0 Å². The summed E-state index contributed by atoms with van der Waals surface area (Å²) in [5, 5.41) is 13.5. The van der Waals surface area contributed by atoms with Gasteiger partial charge in [0, 0.05) is 6.54 Å². The van der Waals surface area contributed by atoms with Crippen molar-refractivity contribution in [1.29, 1.82) is 0 Å². The number of hydrogen-bond donors (Lipinski definition) is 3. The molecule has 0 bridgehead atoms. The molecule has 1 aliphatic carbocycles. The maximum atomic E-state index is 10.2. The van der Waals surface area contributed by atoms with Crippen molar-refractivity contribution < 1.29 is 19.4 Å². The van der Waals surface area contributed by atoms with E-state index in [-0.39, 0.29) is 6.61 Å². The molecule has 0 aromatic heterocycles. The number of aliphatic hydroxyl groups is 1. The second-order valence-corrected chi connectivity index (χ2v) is 7.80. The van der Waals surface area contributed by atoms with Gasteiger partial charge in [0.05, 0.1) is 26.0 Å². The van der Waals surface area contributed by atoms with Crippen LogP contribution in [-0.2, 0) is 11.3 Å². The number of nitrogens with one attached hydrogen (secondary N) is 2. The van der Waals surface area contributed by atoms with Crippen LogP contribution < -0.4 is 20.3 Å². The molecule has 1 aliphatic rings. The zero-order valence-electron chi connectivity index (χ0n) is 19.0. The topological polar surface area (TPSA) is 72.0 Å². The number of ether oxygens (including phenoxy) is 2. The Morgan fingerprint density at radius 2 is 1.88 bits per heavy atom. The highest BCUT2D eigenvalue weighted by Crippen LogP contribution is 2.27. The fraction of sp³-hybridized carbons (Fsp3) is 0.385. The highest BCUT2D eigenvalue weighted by molar-refractivity contribution is 5.58. The zero-order chi connectivity index (χ0) is 22.6. The predicted octanol–water partition coefficient (Wildman–Crippen LogP) is 3.87. The minimum Gasteiger partial charge on any atom is -0.493 e. The number of allylic oxidation sites excluding steroid dienone is 2. The highest BCUT2D eigenvalue weighted by atomic mass is 16.6. The second-order valence-electron chi connectivity index (χ2n) is 7.80. The van der Waals surface area contributed by atoms with Crippen LogP contribution in [-0.4, -0.2) is 45.1 Å². The Kier molecular flexibility index (Phi) is 9.62. The van der Waals surface area contributed by atoms with E-state index in [0.29, 0.717) is 6.54 Å². The number of hydroxylamine groups is 1. The smallest absolute Gasteiger partial charge is 0.160 e. The average molecular weight is 439 g/mol. The van der Waals surface area contributed by atoms with Crippen molar-refractivity contribution in [3.8, 4) is 11.5 Å². The number of rotatable bonds is 12. The van der Waals surface area contributed by atoms with Gasteiger partial charge in [-0.25, -0.2) is 0 Å². The quantitative estimate of drug-likeness (QED) is 0.345. The molecule has 2 aromatic rings. The first-order valence-corrected chi connectivity index (χ1v) is 11.1. The van der Waals surface area contributed by atoms with E-state index in [1.165, 1.54) is 11.1 Å². The molecule has 172 valence electrons. The molecule has 3 rings (SSSR count). The van der Waals surface area contributed by atoms with Crippen molar-refractivity contribution in [3.63, 3.8) is 0 Å². The van der Waals surface area contributed by atoms with Gasteiger partial charge < -0.3 is 19.9 Å². The molecule has 0 radical (unpaired) electrons. The maximum Gasteiger partial charge on any atom is 0.160 e. The summed E-state index contributed by atoms with van der Waals surface area (Å²) < 4.78 is 10.6. The number of hydrogen-bond acceptors (Lipinski definition) is 6. The summed E-state index contributed by atoms with van der Waals surface area (Å²) in [6.45, 7) is 1.41. The molecule has 32 heavy (non-hydrogen) atoms. The van der Waals surface area contributed by atoms with E-state index in [1.807, 2.05) is 36.4 Å². The van der Waals surface area contributed by atoms with Gasteiger partial charge in [-0.1, -0.05) is 42.5 Å². The zero-order valence-corrected chi connectivity index (χ0v) is 19.0. The number of benzene rings is 2. The van der Waals surface area contributed by atoms with Crippen molar-refractivity contribution in [1.82, 2.24) is 10.8 Å². The predicted molar refractivity (Wildman–Crippen MR) is 128 cm³/mol. The lowest BCUT2D eigenvalue weighted by atomic mass is 9.97. The molecule has 6 heteroatoms. The van der Waals surface area contributed by atoms with Gasteiger partial charge in [-0.2, -0.15) is 0 Å². The lowest BCUT2D eigenvalue weighted by molar-refractivity contribution is -0.00446. The molecule has 0 heterocycles. The van der Waals surface area contributed by atoms with Crippen LogP contribution in [0.4, 0.5) is 0 Å². The molecule has 2 aromatic carbocycles. The molecule has 0 saturated heterocycles. The average Bonchev–Trinajstić information content (AvgIpc) is 2.83. The van der Waals surface area contributed by atoms with Crippen LogP contribution in [0, 0.1) is 0 Å². The van der Waals surface area contributed by atoms with E-state index in [0.717, 1.165) is 55.0 Å². The lowest BCUT2D eigenvalue weighted by Gasteiger charge is -2.20. The highest BCUT2D eigenvalue weighted by Gasteiger charge is 2.12. The van der Waals surface area contributed by atoms with Crippen molar-refractivity contribution in [2.45, 2.75) is 31.8 Å². The third kappa shape index (κ3) is 7.41. The summed E-state index contributed by atoms with van der Waals surface area (Å²) in [6.07, 6.45) is 7.75. The Labute approximate surface area is 190 Å². The van der Waals surface area contributed by atoms with Crippen LogP contribution in [0.1, 0.15) is 30.4 Å². The van der Waals surface area contributed by atoms with Gasteiger partial charge >= 0.3 is 0 Å². The van der Waals surface area contributed by atoms with Crippen LogP contribution >= 0.6 is 0 Å². The van der Waals surface area contributed by atoms with Gasteiger partial charge in [0.1, 0.15) is 6.61 Å². The van der Waals surface area contributed by atoms with Crippen LogP contribution in [0.15, 0.2) is 65.9 Å². The second kappa shape index (κ2) is 12.9. The minimum atomic E-state index is -0.598. The molecule has 0 fully saturated rings. The first kappa shape index (κ1) is 23.9. The van der Waals surface area contributed by atoms with Gasteiger partial charge in [0.2, 0.25) is 0 Å². The maximum absolute atomic E-state index is 10.2. The number of aliphatic hydroxyl groups excluding tert-OH is 1. The van der Waals surface area contributed by atoms with E-state index in [4.69, 9.17) is 14.3 Å². The Hall–Kier alpha value is -2.80. The molecule has 0 amide bonds. The van der Waals surface area contributed by atoms with Crippen LogP contribution in [0.25, 0.3) is 6.08 Å². The summed E-state index contributed by atoms with van der Waals surface area (Å²) in [7, 11) is 3.26. The van der Waals surface area contributed by atoms with Gasteiger partial charge in [-0.15, -0.1) is 0 Å². The molecule has 0 saturated carbocycles. The van der Waals surface area contributed by atoms with E-state index in [2.05, 4.69) is 35.1 Å². The lowest BCUT2D eigenvalue weighted by Crippen LogP contribution is -2.33. The fourth-order valence-corrected chi connectivity index (χ4v) is 3.62. The van der Waals surface area contributed by atoms with Gasteiger partial charge in [0.15, 0.2) is 11.5 Å². The Morgan fingerprint density at radius 3 is 2.66 bits per heavy atom. The summed E-state index contributed by atoms with van der Waals surface area (Å²) in [6, 6.07) is 16.2. The molecule has 0 unspecified atom stereocenters. The van der Waals surface area contributed by atoms with E-state index in [9.17, 15) is 5.11 Å². The summed E-state index contributed by atoms with van der Waals surface area (Å²) in [5.41, 5.74) is 7.58. The largest absolute Gasteiger partial charge is 0.493 e. The molecule has 1 atom stereocenters. The van der Waals surface area contributed by atoms with Crippen molar-refractivity contribution in [3.05, 3.63) is 77.0 Å². The van der Waals surface area contributed by atoms with Crippen LogP contribution in [0.2, 0.25) is 0 Å². The van der Waals surface area contributed by atoms with E-state index in [1.54, 1.807) is 14.2 Å². The third-order valence-corrected chi connectivity index (χ3v) is 5.36. The van der Waals surface area contributed by atoms with Crippen LogP contribution in [0.3, 0.4) is 0 Å². The fourth-order valence-electron chi connectivity index (χ4n) is 3.62. The normalized spacial score (nSPS) is 15.8. The monoisotopic (exact) mass is 438 g/mol. The molecule has 0 spiro atoms. The summed E-state index contributed by atoms with van der Waals surface area (Å²) in [4.78, 5) is 5.59. The molecular weight excluding hydrogens is 404 g/mol. The molecule has 0 aliphatic heterocycles. The Balaban J connectivity index is 1.37. The summed E-state index contributed by atoms with van der Waals surface area (Å²) in [5.74, 6) is 1.45. The Morgan fingerprint density at radius 1 is 1.06 bits per heavy atom. The SMILES string of the molecule is COc1ccc(CCNC[C@H](O)CONC2=CCCCC2=Cc2ccccc2)cc1OC. The van der Waals surface area contributed by atoms with Gasteiger partial charge in [-0.3, -0.25) is 10.3 Å². The van der Waals surface area contributed by atoms with Crippen molar-refractivity contribution in [2.24, 2.45) is 0 Å². The Bertz CT molecular complexity index is 896. The van der Waals surface area contributed by atoms with Crippen molar-refractivity contribution in [2.75, 3.05) is 33.9 Å². The number of methoxy groups -OCH3 is 2.